The van der Waals surface area contributed by atoms with Gasteiger partial charge in [-0.1, -0.05) is 13.0 Å². The molecule has 26 heavy (non-hydrogen) atoms. The third-order valence-electron chi connectivity index (χ3n) is 3.98. The van der Waals surface area contributed by atoms with Crippen LogP contribution in [0.25, 0.3) is 0 Å². The minimum atomic E-state index is 0.440. The number of ether oxygens (including phenoxy) is 2. The van der Waals surface area contributed by atoms with E-state index in [4.69, 9.17) is 14.5 Å². The van der Waals surface area contributed by atoms with Gasteiger partial charge in [-0.25, -0.2) is 4.99 Å². The van der Waals surface area contributed by atoms with Crippen molar-refractivity contribution < 1.29 is 9.47 Å². The van der Waals surface area contributed by atoms with Gasteiger partial charge in [0.1, 0.15) is 0 Å². The molecule has 1 unspecified atom stereocenters. The third kappa shape index (κ3) is 5.95. The summed E-state index contributed by atoms with van der Waals surface area (Å²) in [6.07, 6.45) is 0. The zero-order valence-electron chi connectivity index (χ0n) is 16.0. The molecule has 1 heterocycles. The molecule has 1 aromatic heterocycles. The highest BCUT2D eigenvalue weighted by atomic mass is 32.1. The third-order valence-corrected chi connectivity index (χ3v) is 4.68. The Hall–Kier alpha value is -2.21. The van der Waals surface area contributed by atoms with Gasteiger partial charge in [0.2, 0.25) is 0 Å². The molecule has 0 aliphatic carbocycles. The second kappa shape index (κ2) is 10.7. The number of nitrogens with zero attached hydrogens (tertiary/aromatic N) is 1. The molecule has 2 N–H and O–H groups in total. The van der Waals surface area contributed by atoms with E-state index in [1.54, 1.807) is 18.4 Å². The number of thiophene rings is 1. The van der Waals surface area contributed by atoms with Crippen molar-refractivity contribution in [2.45, 2.75) is 33.2 Å². The highest BCUT2D eigenvalue weighted by Crippen LogP contribution is 2.28. The largest absolute Gasteiger partial charge is 0.493 e. The predicted molar refractivity (Wildman–Crippen MR) is 110 cm³/mol. The molecule has 5 nitrogen and oxygen atoms in total. The molecule has 0 saturated heterocycles. The van der Waals surface area contributed by atoms with E-state index in [0.717, 1.165) is 36.1 Å². The van der Waals surface area contributed by atoms with Gasteiger partial charge in [-0.05, 0) is 59.9 Å². The summed E-state index contributed by atoms with van der Waals surface area (Å²) in [5.74, 6) is 2.76. The number of rotatable bonds is 9. The van der Waals surface area contributed by atoms with Crippen LogP contribution in [-0.4, -0.2) is 32.8 Å². The van der Waals surface area contributed by atoms with Gasteiger partial charge in [0.15, 0.2) is 17.5 Å². The Morgan fingerprint density at radius 2 is 2.04 bits per heavy atom. The average Bonchev–Trinajstić information content (AvgIpc) is 3.19. The Morgan fingerprint density at radius 3 is 2.69 bits per heavy atom. The van der Waals surface area contributed by atoms with Crippen molar-refractivity contribution in [3.63, 3.8) is 0 Å². The summed E-state index contributed by atoms with van der Waals surface area (Å²) in [7, 11) is 1.65. The quantitative estimate of drug-likeness (QED) is 0.513. The summed E-state index contributed by atoms with van der Waals surface area (Å²) in [4.78, 5) is 4.69. The van der Waals surface area contributed by atoms with E-state index in [9.17, 15) is 0 Å². The first kappa shape index (κ1) is 20.1. The molecule has 0 radical (unpaired) electrons. The van der Waals surface area contributed by atoms with E-state index in [0.29, 0.717) is 19.1 Å². The molecule has 0 fully saturated rings. The lowest BCUT2D eigenvalue weighted by Gasteiger charge is -2.15. The first-order valence-corrected chi connectivity index (χ1v) is 9.96. The molecule has 0 aliphatic rings. The van der Waals surface area contributed by atoms with E-state index < -0.39 is 0 Å². The van der Waals surface area contributed by atoms with Crippen molar-refractivity contribution in [1.29, 1.82) is 0 Å². The normalized spacial score (nSPS) is 12.5. The zero-order valence-corrected chi connectivity index (χ0v) is 16.9. The van der Waals surface area contributed by atoms with E-state index in [1.165, 1.54) is 5.56 Å². The Balaban J connectivity index is 2.00. The Bertz CT molecular complexity index is 686. The van der Waals surface area contributed by atoms with Gasteiger partial charge >= 0.3 is 0 Å². The number of hydrogen-bond acceptors (Lipinski definition) is 4. The fourth-order valence-electron chi connectivity index (χ4n) is 2.52. The molecule has 0 bridgehead atoms. The number of methoxy groups -OCH3 is 1. The zero-order chi connectivity index (χ0) is 18.8. The first-order chi connectivity index (χ1) is 12.7. The van der Waals surface area contributed by atoms with E-state index in [1.807, 2.05) is 25.1 Å². The van der Waals surface area contributed by atoms with Gasteiger partial charge in [-0.2, -0.15) is 11.3 Å². The summed E-state index contributed by atoms with van der Waals surface area (Å²) in [5.41, 5.74) is 2.44. The van der Waals surface area contributed by atoms with Crippen molar-refractivity contribution in [2.24, 2.45) is 4.99 Å². The van der Waals surface area contributed by atoms with Gasteiger partial charge < -0.3 is 20.1 Å². The molecular formula is C20H29N3O2S. The second-order valence-corrected chi connectivity index (χ2v) is 6.73. The van der Waals surface area contributed by atoms with Crippen LogP contribution >= 0.6 is 11.3 Å². The van der Waals surface area contributed by atoms with Gasteiger partial charge in [0, 0.05) is 13.1 Å². The van der Waals surface area contributed by atoms with Crippen LogP contribution in [0.4, 0.5) is 0 Å². The van der Waals surface area contributed by atoms with E-state index in [2.05, 4.69) is 41.3 Å². The highest BCUT2D eigenvalue weighted by Gasteiger charge is 2.08. The smallest absolute Gasteiger partial charge is 0.191 e. The molecule has 0 aliphatic heterocycles. The number of benzene rings is 1. The van der Waals surface area contributed by atoms with Crippen LogP contribution in [0.5, 0.6) is 11.5 Å². The van der Waals surface area contributed by atoms with Gasteiger partial charge in [-0.3, -0.25) is 0 Å². The predicted octanol–water partition coefficient (Wildman–Crippen LogP) is 4.01. The highest BCUT2D eigenvalue weighted by molar-refractivity contribution is 7.07. The van der Waals surface area contributed by atoms with Crippen molar-refractivity contribution in [1.82, 2.24) is 10.6 Å². The van der Waals surface area contributed by atoms with Crippen LogP contribution in [0.15, 0.2) is 40.0 Å². The maximum Gasteiger partial charge on any atom is 0.191 e. The minimum absolute atomic E-state index is 0.440. The summed E-state index contributed by atoms with van der Waals surface area (Å²) in [5, 5.41) is 11.0. The fraction of sp³-hybridized carbons (Fsp3) is 0.450. The maximum absolute atomic E-state index is 5.64. The fourth-order valence-corrected chi connectivity index (χ4v) is 3.31. The van der Waals surface area contributed by atoms with E-state index >= 15 is 0 Å². The van der Waals surface area contributed by atoms with Crippen molar-refractivity contribution in [2.75, 3.05) is 26.8 Å². The summed E-state index contributed by atoms with van der Waals surface area (Å²) < 4.78 is 11.0. The molecule has 0 saturated carbocycles. The Morgan fingerprint density at radius 1 is 1.19 bits per heavy atom. The first-order valence-electron chi connectivity index (χ1n) is 9.01. The second-order valence-electron chi connectivity index (χ2n) is 5.95. The summed E-state index contributed by atoms with van der Waals surface area (Å²) >= 11 is 1.73. The van der Waals surface area contributed by atoms with Crippen LogP contribution in [0, 0.1) is 0 Å². The van der Waals surface area contributed by atoms with E-state index in [-0.39, 0.29) is 0 Å². The monoisotopic (exact) mass is 375 g/mol. The van der Waals surface area contributed by atoms with Crippen LogP contribution < -0.4 is 20.1 Å². The van der Waals surface area contributed by atoms with Crippen molar-refractivity contribution >= 4 is 17.3 Å². The van der Waals surface area contributed by atoms with Crippen LogP contribution in [0.2, 0.25) is 0 Å². The van der Waals surface area contributed by atoms with Crippen molar-refractivity contribution in [3.05, 3.63) is 46.2 Å². The average molecular weight is 376 g/mol. The van der Waals surface area contributed by atoms with Gasteiger partial charge in [-0.15, -0.1) is 0 Å². The molecule has 1 aromatic carbocycles. The standard InChI is InChI=1S/C20H29N3O2S/c1-5-21-20(22-12-15(3)17-9-10-26-14-17)23-13-16-7-8-18(24-4)19(11-16)25-6-2/h7-11,14-15H,5-6,12-13H2,1-4H3,(H2,21,22,23). The summed E-state index contributed by atoms with van der Waals surface area (Å²) in [6, 6.07) is 8.11. The molecule has 2 aromatic rings. The summed E-state index contributed by atoms with van der Waals surface area (Å²) in [6.45, 7) is 9.10. The molecule has 0 spiro atoms. The van der Waals surface area contributed by atoms with Crippen molar-refractivity contribution in [3.8, 4) is 11.5 Å². The van der Waals surface area contributed by atoms with Crippen LogP contribution in [0.3, 0.4) is 0 Å². The molecule has 2 rings (SSSR count). The lowest BCUT2D eigenvalue weighted by atomic mass is 10.1. The number of guanidine groups is 1. The van der Waals surface area contributed by atoms with Crippen LogP contribution in [0.1, 0.15) is 37.8 Å². The molecule has 6 heteroatoms. The molecular weight excluding hydrogens is 346 g/mol. The SMILES string of the molecule is CCNC(=NCc1ccc(OC)c(OCC)c1)NCC(C)c1ccsc1. The molecule has 1 atom stereocenters. The van der Waals surface area contributed by atoms with Gasteiger partial charge in [0.05, 0.1) is 20.3 Å². The van der Waals surface area contributed by atoms with Crippen LogP contribution in [-0.2, 0) is 6.54 Å². The number of hydrogen-bond donors (Lipinski definition) is 2. The minimum Gasteiger partial charge on any atom is -0.493 e. The number of aliphatic imine (C=N–C) groups is 1. The lowest BCUT2D eigenvalue weighted by molar-refractivity contribution is 0.310. The topological polar surface area (TPSA) is 54.9 Å². The lowest BCUT2D eigenvalue weighted by Crippen LogP contribution is -2.39. The molecule has 142 valence electrons. The maximum atomic E-state index is 5.64. The number of nitrogens with one attached hydrogen (secondary N) is 2. The Labute approximate surface area is 160 Å². The van der Waals surface area contributed by atoms with Gasteiger partial charge in [0.25, 0.3) is 0 Å². The Kier molecular flexibility index (Phi) is 8.28. The molecule has 0 amide bonds.